The number of nitrogens with zero attached hydrogens (tertiary/aromatic N) is 2. The average molecular weight is 353 g/mol. The van der Waals surface area contributed by atoms with Crippen molar-refractivity contribution in [2.24, 2.45) is 5.92 Å². The van der Waals surface area contributed by atoms with Gasteiger partial charge in [0.1, 0.15) is 5.76 Å². The summed E-state index contributed by atoms with van der Waals surface area (Å²) in [6.45, 7) is 2.83. The Morgan fingerprint density at radius 2 is 2.23 bits per heavy atom. The number of aromatic nitrogens is 2. The zero-order chi connectivity index (χ0) is 18.1. The third kappa shape index (κ3) is 3.37. The van der Waals surface area contributed by atoms with Gasteiger partial charge in [0.25, 0.3) is 0 Å². The van der Waals surface area contributed by atoms with Gasteiger partial charge in [-0.25, -0.2) is 0 Å². The zero-order valence-electron chi connectivity index (χ0n) is 14.8. The molecule has 0 radical (unpaired) electrons. The van der Waals surface area contributed by atoms with Crippen LogP contribution in [0.2, 0.25) is 0 Å². The molecule has 26 heavy (non-hydrogen) atoms. The second-order valence-corrected chi connectivity index (χ2v) is 7.12. The van der Waals surface area contributed by atoms with E-state index in [1.807, 2.05) is 37.4 Å². The molecule has 1 aliphatic rings. The zero-order valence-corrected chi connectivity index (χ0v) is 14.8. The Kier molecular flexibility index (Phi) is 4.51. The SMILES string of the molecule is Cc1cc(C[C@@H]2CN(C(=O)CCc3c[nH]c4ccccc34)C[C@@H]2O)on1. The maximum absolute atomic E-state index is 12.6. The lowest BCUT2D eigenvalue weighted by atomic mass is 10.0. The molecule has 1 amide bonds. The van der Waals surface area contributed by atoms with Crippen LogP contribution >= 0.6 is 0 Å². The predicted molar refractivity (Wildman–Crippen MR) is 97.6 cm³/mol. The molecule has 1 saturated heterocycles. The third-order valence-electron chi connectivity index (χ3n) is 5.18. The van der Waals surface area contributed by atoms with Gasteiger partial charge < -0.3 is 19.5 Å². The van der Waals surface area contributed by atoms with Crippen LogP contribution in [0.15, 0.2) is 41.1 Å². The van der Waals surface area contributed by atoms with E-state index >= 15 is 0 Å². The minimum Gasteiger partial charge on any atom is -0.391 e. The van der Waals surface area contributed by atoms with Gasteiger partial charge in [-0.15, -0.1) is 0 Å². The molecule has 3 heterocycles. The Morgan fingerprint density at radius 3 is 3.04 bits per heavy atom. The number of carbonyl (C=O) groups is 1. The van der Waals surface area contributed by atoms with Crippen molar-refractivity contribution >= 4 is 16.8 Å². The maximum atomic E-state index is 12.6. The minimum atomic E-state index is -0.516. The Hall–Kier alpha value is -2.60. The summed E-state index contributed by atoms with van der Waals surface area (Å²) >= 11 is 0. The molecule has 0 aliphatic carbocycles. The van der Waals surface area contributed by atoms with E-state index in [1.165, 1.54) is 5.39 Å². The van der Waals surface area contributed by atoms with Crippen LogP contribution in [-0.2, 0) is 17.6 Å². The highest BCUT2D eigenvalue weighted by atomic mass is 16.5. The van der Waals surface area contributed by atoms with E-state index in [-0.39, 0.29) is 11.8 Å². The summed E-state index contributed by atoms with van der Waals surface area (Å²) < 4.78 is 5.24. The number of fused-ring (bicyclic) bond motifs is 1. The number of aryl methyl sites for hydroxylation is 2. The molecule has 2 N–H and O–H groups in total. The van der Waals surface area contributed by atoms with E-state index in [2.05, 4.69) is 16.2 Å². The number of benzene rings is 1. The molecule has 2 aromatic heterocycles. The lowest BCUT2D eigenvalue weighted by molar-refractivity contribution is -0.130. The van der Waals surface area contributed by atoms with Crippen LogP contribution in [-0.4, -0.2) is 45.2 Å². The first-order valence-corrected chi connectivity index (χ1v) is 9.03. The van der Waals surface area contributed by atoms with Gasteiger partial charge in [-0.1, -0.05) is 23.4 Å². The molecule has 1 fully saturated rings. The first-order chi connectivity index (χ1) is 12.6. The van der Waals surface area contributed by atoms with E-state index in [0.29, 0.717) is 32.4 Å². The minimum absolute atomic E-state index is 0.000566. The van der Waals surface area contributed by atoms with E-state index in [4.69, 9.17) is 4.52 Å². The highest BCUT2D eigenvalue weighted by Crippen LogP contribution is 2.24. The van der Waals surface area contributed by atoms with E-state index in [9.17, 15) is 9.90 Å². The molecule has 2 atom stereocenters. The van der Waals surface area contributed by atoms with E-state index in [1.54, 1.807) is 4.90 Å². The van der Waals surface area contributed by atoms with Crippen LogP contribution in [0.4, 0.5) is 0 Å². The summed E-state index contributed by atoms with van der Waals surface area (Å²) in [6.07, 6.45) is 3.21. The maximum Gasteiger partial charge on any atom is 0.223 e. The van der Waals surface area contributed by atoms with Crippen molar-refractivity contribution in [3.05, 3.63) is 53.5 Å². The fourth-order valence-electron chi connectivity index (χ4n) is 3.77. The number of H-pyrrole nitrogens is 1. The van der Waals surface area contributed by atoms with Gasteiger partial charge in [0.15, 0.2) is 0 Å². The number of amides is 1. The Bertz CT molecular complexity index is 914. The van der Waals surface area contributed by atoms with E-state index < -0.39 is 6.10 Å². The Labute approximate surface area is 151 Å². The van der Waals surface area contributed by atoms with Crippen molar-refractivity contribution < 1.29 is 14.4 Å². The van der Waals surface area contributed by atoms with Crippen molar-refractivity contribution in [1.29, 1.82) is 0 Å². The number of rotatable bonds is 5. The number of nitrogens with one attached hydrogen (secondary N) is 1. The Morgan fingerprint density at radius 1 is 1.38 bits per heavy atom. The molecule has 1 aromatic carbocycles. The first kappa shape index (κ1) is 16.8. The van der Waals surface area contributed by atoms with Crippen LogP contribution in [0.25, 0.3) is 10.9 Å². The molecule has 6 heteroatoms. The number of aromatic amines is 1. The second-order valence-electron chi connectivity index (χ2n) is 7.12. The van der Waals surface area contributed by atoms with Gasteiger partial charge >= 0.3 is 0 Å². The molecule has 1 aliphatic heterocycles. The summed E-state index contributed by atoms with van der Waals surface area (Å²) in [4.78, 5) is 17.6. The molecule has 0 spiro atoms. The smallest absolute Gasteiger partial charge is 0.223 e. The summed E-state index contributed by atoms with van der Waals surface area (Å²) in [5.74, 6) is 0.851. The third-order valence-corrected chi connectivity index (χ3v) is 5.18. The van der Waals surface area contributed by atoms with Gasteiger partial charge in [0, 0.05) is 55.0 Å². The number of likely N-dealkylation sites (tertiary alicyclic amines) is 1. The number of hydrogen-bond acceptors (Lipinski definition) is 4. The quantitative estimate of drug-likeness (QED) is 0.738. The summed E-state index contributed by atoms with van der Waals surface area (Å²) in [5, 5.41) is 15.4. The summed E-state index contributed by atoms with van der Waals surface area (Å²) in [7, 11) is 0. The van der Waals surface area contributed by atoms with Gasteiger partial charge in [-0.05, 0) is 25.0 Å². The number of aliphatic hydroxyl groups is 1. The standard InChI is InChI=1S/C20H23N3O3/c1-13-8-16(26-22-13)9-15-11-23(12-19(15)24)20(25)7-6-14-10-21-18-5-3-2-4-17(14)18/h2-5,8,10,15,19,21,24H,6-7,9,11-12H2,1H3/t15-,19+/m1/s1. The number of aliphatic hydroxyl groups excluding tert-OH is 1. The molecule has 0 unspecified atom stereocenters. The Balaban J connectivity index is 1.35. The molecule has 6 nitrogen and oxygen atoms in total. The predicted octanol–water partition coefficient (Wildman–Crippen LogP) is 2.46. The van der Waals surface area contributed by atoms with Gasteiger partial charge in [0.05, 0.1) is 11.8 Å². The first-order valence-electron chi connectivity index (χ1n) is 9.03. The molecular formula is C20H23N3O3. The normalized spacial score (nSPS) is 20.2. The van der Waals surface area contributed by atoms with Crippen molar-refractivity contribution in [2.75, 3.05) is 13.1 Å². The topological polar surface area (TPSA) is 82.4 Å². The van der Waals surface area contributed by atoms with Crippen molar-refractivity contribution in [2.45, 2.75) is 32.3 Å². The summed E-state index contributed by atoms with van der Waals surface area (Å²) in [6, 6.07) is 9.99. The van der Waals surface area contributed by atoms with Gasteiger partial charge in [-0.3, -0.25) is 4.79 Å². The number of para-hydroxylation sites is 1. The highest BCUT2D eigenvalue weighted by Gasteiger charge is 2.34. The van der Waals surface area contributed by atoms with Crippen LogP contribution in [0.3, 0.4) is 0 Å². The van der Waals surface area contributed by atoms with Crippen molar-refractivity contribution in [3.8, 4) is 0 Å². The fraction of sp³-hybridized carbons (Fsp3) is 0.400. The van der Waals surface area contributed by atoms with Crippen molar-refractivity contribution in [1.82, 2.24) is 15.0 Å². The molecule has 0 saturated carbocycles. The average Bonchev–Trinajstić information content (AvgIpc) is 3.33. The largest absolute Gasteiger partial charge is 0.391 e. The lowest BCUT2D eigenvalue weighted by Crippen LogP contribution is -2.29. The monoisotopic (exact) mass is 353 g/mol. The lowest BCUT2D eigenvalue weighted by Gasteiger charge is -2.15. The second kappa shape index (κ2) is 6.96. The molecular weight excluding hydrogens is 330 g/mol. The summed E-state index contributed by atoms with van der Waals surface area (Å²) in [5.41, 5.74) is 3.08. The molecule has 4 rings (SSSR count). The van der Waals surface area contributed by atoms with Crippen LogP contribution < -0.4 is 0 Å². The molecule has 0 bridgehead atoms. The highest BCUT2D eigenvalue weighted by molar-refractivity contribution is 5.84. The molecule has 3 aromatic rings. The number of β-amino-alcohol motifs (C(OH)–C–C–N with tert-alkyl or cyclic N) is 1. The van der Waals surface area contributed by atoms with Crippen LogP contribution in [0.5, 0.6) is 0 Å². The van der Waals surface area contributed by atoms with Crippen LogP contribution in [0.1, 0.15) is 23.4 Å². The van der Waals surface area contributed by atoms with Crippen LogP contribution in [0, 0.1) is 12.8 Å². The van der Waals surface area contributed by atoms with Gasteiger partial charge in [-0.2, -0.15) is 0 Å². The van der Waals surface area contributed by atoms with Crippen molar-refractivity contribution in [3.63, 3.8) is 0 Å². The number of hydrogen-bond donors (Lipinski definition) is 2. The van der Waals surface area contributed by atoms with E-state index in [0.717, 1.165) is 22.5 Å². The number of carbonyl (C=O) groups excluding carboxylic acids is 1. The molecule has 136 valence electrons. The fourth-order valence-corrected chi connectivity index (χ4v) is 3.77. The van der Waals surface area contributed by atoms with Gasteiger partial charge in [0.2, 0.25) is 5.91 Å².